The molecular formula is C25H23N7OS. The molecule has 0 radical (unpaired) electrons. The summed E-state index contributed by atoms with van der Waals surface area (Å²) in [6.45, 7) is 2.01. The number of amides is 1. The smallest absolute Gasteiger partial charge is 0.234 e. The van der Waals surface area contributed by atoms with E-state index in [4.69, 9.17) is 0 Å². The lowest BCUT2D eigenvalue weighted by Crippen LogP contribution is -2.44. The molecule has 0 saturated carbocycles. The topological polar surface area (TPSA) is 97.2 Å². The number of aromatic nitrogens is 2. The van der Waals surface area contributed by atoms with E-state index in [1.54, 1.807) is 6.20 Å². The van der Waals surface area contributed by atoms with Crippen LogP contribution in [0.2, 0.25) is 0 Å². The number of piperazine rings is 1. The van der Waals surface area contributed by atoms with Crippen molar-refractivity contribution < 1.29 is 4.79 Å². The van der Waals surface area contributed by atoms with Crippen molar-refractivity contribution in [2.45, 2.75) is 23.4 Å². The normalized spacial score (nSPS) is 21.2. The van der Waals surface area contributed by atoms with Crippen LogP contribution in [-0.2, 0) is 4.79 Å². The molecule has 4 heterocycles. The Morgan fingerprint density at radius 1 is 1.18 bits per heavy atom. The van der Waals surface area contributed by atoms with Gasteiger partial charge in [-0.05, 0) is 49.9 Å². The fourth-order valence-corrected chi connectivity index (χ4v) is 5.90. The first-order valence-electron chi connectivity index (χ1n) is 11.3. The minimum atomic E-state index is 0.0195. The molecule has 3 aliphatic heterocycles. The summed E-state index contributed by atoms with van der Waals surface area (Å²) in [4.78, 5) is 26.5. The number of nitrogens with one attached hydrogen (secondary N) is 2. The second-order valence-electron chi connectivity index (χ2n) is 8.92. The Morgan fingerprint density at radius 3 is 2.88 bits per heavy atom. The van der Waals surface area contributed by atoms with Gasteiger partial charge in [0.2, 0.25) is 11.9 Å². The molecule has 3 aromatic rings. The van der Waals surface area contributed by atoms with Crippen LogP contribution in [0, 0.1) is 11.3 Å². The summed E-state index contributed by atoms with van der Waals surface area (Å²) in [5.74, 6) is 0.903. The first-order chi connectivity index (χ1) is 16.6. The maximum absolute atomic E-state index is 11.6. The van der Waals surface area contributed by atoms with Crippen LogP contribution in [0.4, 0.5) is 23.0 Å². The summed E-state index contributed by atoms with van der Waals surface area (Å²) in [6, 6.07) is 17.1. The van der Waals surface area contributed by atoms with Crippen LogP contribution in [0.1, 0.15) is 12.0 Å². The molecule has 34 heavy (non-hydrogen) atoms. The summed E-state index contributed by atoms with van der Waals surface area (Å²) in [7, 11) is 2.18. The molecular weight excluding hydrogens is 446 g/mol. The van der Waals surface area contributed by atoms with Crippen molar-refractivity contribution in [1.82, 2.24) is 14.9 Å². The molecule has 3 aliphatic rings. The molecule has 8 nitrogen and oxygen atoms in total. The zero-order valence-electron chi connectivity index (χ0n) is 18.7. The lowest BCUT2D eigenvalue weighted by Gasteiger charge is -2.34. The predicted molar refractivity (Wildman–Crippen MR) is 133 cm³/mol. The number of nitrogens with zero attached hydrogens (tertiary/aromatic N) is 5. The minimum Gasteiger partial charge on any atom is -0.365 e. The molecule has 2 aromatic carbocycles. The van der Waals surface area contributed by atoms with Crippen molar-refractivity contribution in [1.29, 1.82) is 5.26 Å². The maximum Gasteiger partial charge on any atom is 0.234 e. The summed E-state index contributed by atoms with van der Waals surface area (Å²) in [6.07, 6.45) is 2.88. The van der Waals surface area contributed by atoms with Crippen LogP contribution < -0.4 is 15.5 Å². The highest BCUT2D eigenvalue weighted by molar-refractivity contribution is 8.00. The molecule has 2 bridgehead atoms. The highest BCUT2D eigenvalue weighted by atomic mass is 32.2. The van der Waals surface area contributed by atoms with E-state index in [-0.39, 0.29) is 5.91 Å². The number of benzene rings is 2. The van der Waals surface area contributed by atoms with E-state index in [9.17, 15) is 10.1 Å². The molecule has 0 spiro atoms. The Kier molecular flexibility index (Phi) is 5.12. The summed E-state index contributed by atoms with van der Waals surface area (Å²) in [5, 5.41) is 16.0. The first kappa shape index (κ1) is 21.0. The molecule has 2 N–H and O–H groups in total. The Hall–Kier alpha value is -3.61. The predicted octanol–water partition coefficient (Wildman–Crippen LogP) is 3.70. The molecule has 2 fully saturated rings. The molecule has 6 rings (SSSR count). The van der Waals surface area contributed by atoms with Gasteiger partial charge in [-0.3, -0.25) is 9.69 Å². The Morgan fingerprint density at radius 2 is 2.09 bits per heavy atom. The Balaban J connectivity index is 1.23. The van der Waals surface area contributed by atoms with Gasteiger partial charge in [-0.1, -0.05) is 6.07 Å². The average Bonchev–Trinajstić information content (AvgIpc) is 3.43. The van der Waals surface area contributed by atoms with Gasteiger partial charge in [0.15, 0.2) is 0 Å². The standard InChI is InChI=1S/C25H23N7OS/c1-31-12-19-10-18(31)13-32(19)22-5-3-17(8-16(22)11-26)28-25-27-7-6-20(30-25)15-2-4-21-23(9-15)34-14-24(33)29-21/h2-9,18-19H,10,12-14H2,1H3,(H,29,33)(H,27,28,30)/t18-,19-/m0/s1. The van der Waals surface area contributed by atoms with Crippen LogP contribution in [0.25, 0.3) is 11.3 Å². The SMILES string of the molecule is CN1C[C@@H]2C[C@H]1CN2c1ccc(Nc2nccc(-c3ccc4c(c3)SCC(=O)N4)n2)cc1C#N. The van der Waals surface area contributed by atoms with Crippen molar-refractivity contribution in [3.05, 3.63) is 54.2 Å². The van der Waals surface area contributed by atoms with Crippen molar-refractivity contribution in [2.75, 3.05) is 41.4 Å². The van der Waals surface area contributed by atoms with E-state index in [0.29, 0.717) is 29.3 Å². The molecule has 2 atom stereocenters. The largest absolute Gasteiger partial charge is 0.365 e. The van der Waals surface area contributed by atoms with E-state index in [1.807, 2.05) is 42.5 Å². The number of likely N-dealkylation sites (tertiary alicyclic amines) is 1. The Bertz CT molecular complexity index is 1340. The molecule has 1 amide bonds. The number of carbonyl (C=O) groups is 1. The average molecular weight is 470 g/mol. The van der Waals surface area contributed by atoms with Crippen LogP contribution in [0.5, 0.6) is 0 Å². The van der Waals surface area contributed by atoms with Gasteiger partial charge in [0.25, 0.3) is 0 Å². The number of hydrogen-bond donors (Lipinski definition) is 2. The zero-order valence-corrected chi connectivity index (χ0v) is 19.5. The van der Waals surface area contributed by atoms with Gasteiger partial charge in [-0.15, -0.1) is 11.8 Å². The highest BCUT2D eigenvalue weighted by Gasteiger charge is 2.42. The molecule has 9 heteroatoms. The summed E-state index contributed by atoms with van der Waals surface area (Å²) in [5.41, 5.74) is 5.01. The number of fused-ring (bicyclic) bond motifs is 3. The monoisotopic (exact) mass is 469 g/mol. The number of thioether (sulfide) groups is 1. The van der Waals surface area contributed by atoms with Gasteiger partial charge in [0, 0.05) is 47.5 Å². The third-order valence-corrected chi connectivity index (χ3v) is 7.82. The van der Waals surface area contributed by atoms with Crippen molar-refractivity contribution in [2.24, 2.45) is 0 Å². The first-order valence-corrected chi connectivity index (χ1v) is 12.2. The third-order valence-electron chi connectivity index (χ3n) is 6.76. The van der Waals surface area contributed by atoms with Gasteiger partial charge in [-0.2, -0.15) is 5.26 Å². The fourth-order valence-electron chi connectivity index (χ4n) is 5.06. The van der Waals surface area contributed by atoms with Crippen molar-refractivity contribution >= 4 is 40.7 Å². The number of carbonyl (C=O) groups excluding carboxylic acids is 1. The van der Waals surface area contributed by atoms with Crippen LogP contribution in [-0.4, -0.2) is 58.7 Å². The number of likely N-dealkylation sites (N-methyl/N-ethyl adjacent to an activating group) is 1. The molecule has 170 valence electrons. The highest BCUT2D eigenvalue weighted by Crippen LogP contribution is 2.37. The molecule has 0 unspecified atom stereocenters. The second-order valence-corrected chi connectivity index (χ2v) is 9.93. The number of hydrogen-bond acceptors (Lipinski definition) is 8. The van der Waals surface area contributed by atoms with Crippen molar-refractivity contribution in [3.8, 4) is 17.3 Å². The maximum atomic E-state index is 11.6. The van der Waals surface area contributed by atoms with E-state index in [1.165, 1.54) is 11.8 Å². The number of rotatable bonds is 4. The minimum absolute atomic E-state index is 0.0195. The van der Waals surface area contributed by atoms with Crippen LogP contribution in [0.15, 0.2) is 53.6 Å². The quantitative estimate of drug-likeness (QED) is 0.597. The van der Waals surface area contributed by atoms with Crippen LogP contribution >= 0.6 is 11.8 Å². The molecule has 1 aromatic heterocycles. The summed E-state index contributed by atoms with van der Waals surface area (Å²) >= 11 is 1.52. The third kappa shape index (κ3) is 3.75. The van der Waals surface area contributed by atoms with Crippen LogP contribution in [0.3, 0.4) is 0 Å². The lowest BCUT2D eigenvalue weighted by molar-refractivity contribution is -0.113. The Labute approximate surface area is 202 Å². The van der Waals surface area contributed by atoms with Gasteiger partial charge in [0.1, 0.15) is 6.07 Å². The molecule has 0 aliphatic carbocycles. The van der Waals surface area contributed by atoms with Gasteiger partial charge in [-0.25, -0.2) is 9.97 Å². The van der Waals surface area contributed by atoms with Gasteiger partial charge < -0.3 is 15.5 Å². The van der Waals surface area contributed by atoms with Gasteiger partial charge >= 0.3 is 0 Å². The zero-order chi connectivity index (χ0) is 23.2. The van der Waals surface area contributed by atoms with E-state index in [0.717, 1.165) is 52.7 Å². The van der Waals surface area contributed by atoms with E-state index in [2.05, 4.69) is 43.5 Å². The second kappa shape index (κ2) is 8.31. The molecule has 2 saturated heterocycles. The lowest BCUT2D eigenvalue weighted by atomic mass is 10.1. The number of anilines is 4. The van der Waals surface area contributed by atoms with Crippen molar-refractivity contribution in [3.63, 3.8) is 0 Å². The fraction of sp³-hybridized carbons (Fsp3) is 0.280. The van der Waals surface area contributed by atoms with E-state index >= 15 is 0 Å². The van der Waals surface area contributed by atoms with Gasteiger partial charge in [0.05, 0.1) is 28.4 Å². The summed E-state index contributed by atoms with van der Waals surface area (Å²) < 4.78 is 0. The number of nitriles is 1. The van der Waals surface area contributed by atoms with E-state index < -0.39 is 0 Å².